The second-order valence-electron chi connectivity index (χ2n) is 3.18. The van der Waals surface area contributed by atoms with Crippen molar-refractivity contribution in [3.8, 4) is 11.5 Å². The molecule has 2 N–H and O–H groups in total. The van der Waals surface area contributed by atoms with Crippen LogP contribution < -0.4 is 0 Å². The molecule has 86 valence electrons. The molecule has 16 heavy (non-hydrogen) atoms. The van der Waals surface area contributed by atoms with E-state index in [0.29, 0.717) is 17.4 Å². The van der Waals surface area contributed by atoms with Crippen molar-refractivity contribution in [3.63, 3.8) is 0 Å². The Morgan fingerprint density at radius 3 is 3.19 bits per heavy atom. The van der Waals surface area contributed by atoms with Crippen molar-refractivity contribution < 1.29 is 14.4 Å². The minimum atomic E-state index is -0.657. The minimum Gasteiger partial charge on any atom is -0.390 e. The van der Waals surface area contributed by atoms with Crippen molar-refractivity contribution in [2.24, 2.45) is 0 Å². The lowest BCUT2D eigenvalue weighted by atomic mass is 10.3. The maximum Gasteiger partial charge on any atom is 0.229 e. The van der Waals surface area contributed by atoms with Crippen LogP contribution in [-0.4, -0.2) is 50.5 Å². The zero-order chi connectivity index (χ0) is 11.4. The third-order valence-corrected chi connectivity index (χ3v) is 1.88. The van der Waals surface area contributed by atoms with Crippen LogP contribution in [0.3, 0.4) is 0 Å². The van der Waals surface area contributed by atoms with E-state index in [-0.39, 0.29) is 13.0 Å². The predicted octanol–water partition coefficient (Wildman–Crippen LogP) is -0.596. The lowest BCUT2D eigenvalue weighted by Gasteiger charge is -2.04. The second-order valence-corrected chi connectivity index (χ2v) is 3.18. The van der Waals surface area contributed by atoms with Gasteiger partial charge in [0, 0.05) is 7.11 Å². The molecule has 0 amide bonds. The number of H-pyrrole nitrogens is 1. The van der Waals surface area contributed by atoms with E-state index in [1.165, 1.54) is 13.3 Å². The first kappa shape index (κ1) is 10.7. The van der Waals surface area contributed by atoms with Crippen molar-refractivity contribution >= 4 is 0 Å². The molecule has 2 heterocycles. The van der Waals surface area contributed by atoms with Crippen LogP contribution in [0.5, 0.6) is 0 Å². The molecular formula is C8H11N5O3. The summed E-state index contributed by atoms with van der Waals surface area (Å²) in [6, 6.07) is 0. The Kier molecular flexibility index (Phi) is 3.22. The number of aromatic nitrogens is 5. The molecule has 8 nitrogen and oxygen atoms in total. The third kappa shape index (κ3) is 2.41. The summed E-state index contributed by atoms with van der Waals surface area (Å²) >= 11 is 0. The Hall–Kier alpha value is -1.80. The highest BCUT2D eigenvalue weighted by Crippen LogP contribution is 2.11. The van der Waals surface area contributed by atoms with E-state index < -0.39 is 6.10 Å². The highest BCUT2D eigenvalue weighted by atomic mass is 16.5. The summed E-state index contributed by atoms with van der Waals surface area (Å²) in [5.41, 5.74) is 0.497. The maximum atomic E-state index is 9.46. The predicted molar refractivity (Wildman–Crippen MR) is 51.3 cm³/mol. The van der Waals surface area contributed by atoms with Gasteiger partial charge in [0.1, 0.15) is 0 Å². The molecule has 0 aliphatic heterocycles. The fourth-order valence-corrected chi connectivity index (χ4v) is 1.20. The number of methoxy groups -OCH3 is 1. The van der Waals surface area contributed by atoms with E-state index in [4.69, 9.17) is 9.26 Å². The zero-order valence-corrected chi connectivity index (χ0v) is 8.62. The van der Waals surface area contributed by atoms with Crippen LogP contribution in [0, 0.1) is 0 Å². The molecule has 2 aromatic rings. The second kappa shape index (κ2) is 4.81. The van der Waals surface area contributed by atoms with E-state index in [2.05, 4.69) is 25.6 Å². The number of aliphatic hydroxyl groups is 1. The van der Waals surface area contributed by atoms with E-state index >= 15 is 0 Å². The number of aliphatic hydroxyl groups excluding tert-OH is 1. The topological polar surface area (TPSA) is 110 Å². The molecule has 2 aromatic heterocycles. The quantitative estimate of drug-likeness (QED) is 0.699. The first-order valence-electron chi connectivity index (χ1n) is 4.65. The molecule has 0 radical (unpaired) electrons. The number of aromatic amines is 1. The van der Waals surface area contributed by atoms with Gasteiger partial charge in [-0.2, -0.15) is 20.4 Å². The Morgan fingerprint density at radius 2 is 2.50 bits per heavy atom. The number of nitrogens with one attached hydrogen (secondary N) is 1. The summed E-state index contributed by atoms with van der Waals surface area (Å²) in [7, 11) is 1.51. The molecule has 0 aliphatic rings. The van der Waals surface area contributed by atoms with E-state index in [1.807, 2.05) is 0 Å². The highest BCUT2D eigenvalue weighted by molar-refractivity contribution is 5.44. The molecule has 0 aliphatic carbocycles. The van der Waals surface area contributed by atoms with Crippen LogP contribution in [0.1, 0.15) is 5.89 Å². The van der Waals surface area contributed by atoms with Crippen molar-refractivity contribution in [1.29, 1.82) is 0 Å². The fraction of sp³-hybridized carbons (Fsp3) is 0.500. The molecule has 0 saturated carbocycles. The summed E-state index contributed by atoms with van der Waals surface area (Å²) < 4.78 is 9.73. The monoisotopic (exact) mass is 225 g/mol. The lowest BCUT2D eigenvalue weighted by Crippen LogP contribution is -2.17. The average Bonchev–Trinajstić information content (AvgIpc) is 2.86. The first-order chi connectivity index (χ1) is 7.79. The largest absolute Gasteiger partial charge is 0.390 e. The number of hydrogen-bond acceptors (Lipinski definition) is 7. The fourth-order valence-electron chi connectivity index (χ4n) is 1.20. The van der Waals surface area contributed by atoms with Gasteiger partial charge in [-0.25, -0.2) is 0 Å². The number of ether oxygens (including phenoxy) is 1. The van der Waals surface area contributed by atoms with Crippen LogP contribution in [0.25, 0.3) is 11.5 Å². The van der Waals surface area contributed by atoms with Crippen LogP contribution in [-0.2, 0) is 11.2 Å². The summed E-state index contributed by atoms with van der Waals surface area (Å²) in [5, 5.41) is 23.1. The number of nitrogens with zero attached hydrogens (tertiary/aromatic N) is 4. The number of hydrogen-bond donors (Lipinski definition) is 2. The Bertz CT molecular complexity index is 427. The van der Waals surface area contributed by atoms with Gasteiger partial charge in [-0.3, -0.25) is 0 Å². The smallest absolute Gasteiger partial charge is 0.229 e. The summed E-state index contributed by atoms with van der Waals surface area (Å²) in [5.74, 6) is 0.677. The van der Waals surface area contributed by atoms with E-state index in [1.54, 1.807) is 0 Å². The molecule has 1 unspecified atom stereocenters. The summed E-state index contributed by atoms with van der Waals surface area (Å²) in [6.07, 6.45) is 1.08. The Labute approximate surface area is 90.6 Å². The van der Waals surface area contributed by atoms with Gasteiger partial charge in [0.05, 0.1) is 25.3 Å². The van der Waals surface area contributed by atoms with E-state index in [0.717, 1.165) is 0 Å². The van der Waals surface area contributed by atoms with Gasteiger partial charge in [-0.05, 0) is 0 Å². The molecule has 0 bridgehead atoms. The maximum absolute atomic E-state index is 9.46. The van der Waals surface area contributed by atoms with Gasteiger partial charge in [0.25, 0.3) is 0 Å². The third-order valence-electron chi connectivity index (χ3n) is 1.88. The molecule has 0 fully saturated rings. The molecule has 1 atom stereocenters. The zero-order valence-electron chi connectivity index (χ0n) is 8.62. The molecular weight excluding hydrogens is 214 g/mol. The lowest BCUT2D eigenvalue weighted by molar-refractivity contribution is 0.0599. The summed E-state index contributed by atoms with van der Waals surface area (Å²) in [6.45, 7) is 0.224. The van der Waals surface area contributed by atoms with Gasteiger partial charge in [-0.15, -0.1) is 0 Å². The average molecular weight is 225 g/mol. The number of rotatable bonds is 5. The molecule has 0 saturated heterocycles. The molecule has 0 aromatic carbocycles. The van der Waals surface area contributed by atoms with Crippen LogP contribution in [0.2, 0.25) is 0 Å². The van der Waals surface area contributed by atoms with Crippen LogP contribution in [0.4, 0.5) is 0 Å². The Morgan fingerprint density at radius 1 is 1.62 bits per heavy atom. The molecule has 8 heteroatoms. The molecule has 0 spiro atoms. The van der Waals surface area contributed by atoms with Crippen molar-refractivity contribution in [3.05, 3.63) is 12.1 Å². The minimum absolute atomic E-state index is 0.224. The van der Waals surface area contributed by atoms with Crippen LogP contribution >= 0.6 is 0 Å². The van der Waals surface area contributed by atoms with Crippen molar-refractivity contribution in [2.75, 3.05) is 13.7 Å². The van der Waals surface area contributed by atoms with Gasteiger partial charge in [0.15, 0.2) is 5.69 Å². The Balaban J connectivity index is 2.03. The summed E-state index contributed by atoms with van der Waals surface area (Å²) in [4.78, 5) is 4.06. The standard InChI is InChI=1S/C8H11N5O3/c1-15-4-5(14)2-7-10-8(12-16-7)6-3-9-13-11-6/h3,5,14H,2,4H2,1H3,(H,9,11,13). The SMILES string of the molecule is COCC(O)Cc1nc(-c2cn[nH]n2)no1. The normalized spacial score (nSPS) is 12.9. The first-order valence-corrected chi connectivity index (χ1v) is 4.65. The van der Waals surface area contributed by atoms with E-state index in [9.17, 15) is 5.11 Å². The van der Waals surface area contributed by atoms with Gasteiger partial charge in [-0.1, -0.05) is 5.16 Å². The van der Waals surface area contributed by atoms with Crippen LogP contribution in [0.15, 0.2) is 10.7 Å². The van der Waals surface area contributed by atoms with Gasteiger partial charge >= 0.3 is 0 Å². The van der Waals surface area contributed by atoms with Gasteiger partial charge in [0.2, 0.25) is 11.7 Å². The molecule has 2 rings (SSSR count). The van der Waals surface area contributed by atoms with Crippen molar-refractivity contribution in [2.45, 2.75) is 12.5 Å². The van der Waals surface area contributed by atoms with Gasteiger partial charge < -0.3 is 14.4 Å². The van der Waals surface area contributed by atoms with Crippen molar-refractivity contribution in [1.82, 2.24) is 25.6 Å². The highest BCUT2D eigenvalue weighted by Gasteiger charge is 2.14.